The lowest BCUT2D eigenvalue weighted by molar-refractivity contribution is -0.114. The van der Waals surface area contributed by atoms with Crippen molar-refractivity contribution in [2.24, 2.45) is 0 Å². The van der Waals surface area contributed by atoms with Crippen LogP contribution < -0.4 is 15.4 Å². The van der Waals surface area contributed by atoms with E-state index in [2.05, 4.69) is 15.4 Å². The highest BCUT2D eigenvalue weighted by Crippen LogP contribution is 2.26. The number of carbonyl (C=O) groups excluding carboxylic acids is 1. The molecule has 3 aromatic carbocycles. The van der Waals surface area contributed by atoms with Gasteiger partial charge < -0.3 is 15.4 Å². The fourth-order valence-corrected chi connectivity index (χ4v) is 2.52. The number of benzene rings is 3. The second-order valence-corrected chi connectivity index (χ2v) is 5.30. The van der Waals surface area contributed by atoms with Crippen LogP contribution in [-0.4, -0.2) is 19.1 Å². The molecule has 0 fully saturated rings. The molecule has 0 atom stereocenters. The Morgan fingerprint density at radius 3 is 2.44 bits per heavy atom. The predicted molar refractivity (Wildman–Crippen MR) is 94.1 cm³/mol. The molecule has 4 nitrogen and oxygen atoms in total. The van der Waals surface area contributed by atoms with Crippen molar-refractivity contribution in [3.8, 4) is 5.75 Å². The zero-order chi connectivity index (χ0) is 17.6. The molecule has 0 saturated carbocycles. The van der Waals surface area contributed by atoms with Crippen molar-refractivity contribution in [1.82, 2.24) is 0 Å². The van der Waals surface area contributed by atoms with Crippen LogP contribution in [0.2, 0.25) is 0 Å². The molecule has 0 bridgehead atoms. The lowest BCUT2D eigenvalue weighted by atomic mass is 10.1. The molecule has 128 valence electrons. The maximum Gasteiger partial charge on any atom is 0.387 e. The van der Waals surface area contributed by atoms with Crippen molar-refractivity contribution in [2.75, 3.05) is 17.2 Å². The molecule has 0 aliphatic carbocycles. The molecular formula is C19H16F2N2O2. The van der Waals surface area contributed by atoms with E-state index in [4.69, 9.17) is 0 Å². The first-order valence-electron chi connectivity index (χ1n) is 7.69. The molecular weight excluding hydrogens is 326 g/mol. The highest BCUT2D eigenvalue weighted by molar-refractivity contribution is 6.03. The molecule has 6 heteroatoms. The number of halogens is 2. The summed E-state index contributed by atoms with van der Waals surface area (Å²) >= 11 is 0. The molecule has 2 N–H and O–H groups in total. The Balaban J connectivity index is 1.67. The van der Waals surface area contributed by atoms with E-state index < -0.39 is 6.61 Å². The summed E-state index contributed by atoms with van der Waals surface area (Å²) in [6.45, 7) is -3.00. The average molecular weight is 342 g/mol. The van der Waals surface area contributed by atoms with Crippen molar-refractivity contribution >= 4 is 28.1 Å². The molecule has 0 spiro atoms. The number of fused-ring (bicyclic) bond motifs is 1. The van der Waals surface area contributed by atoms with Crippen molar-refractivity contribution in [3.05, 3.63) is 66.7 Å². The largest absolute Gasteiger partial charge is 0.433 e. The second kappa shape index (κ2) is 7.61. The minimum Gasteiger partial charge on any atom is -0.433 e. The minimum absolute atomic E-state index is 0.00420. The van der Waals surface area contributed by atoms with Crippen molar-refractivity contribution in [2.45, 2.75) is 6.61 Å². The standard InChI is InChI=1S/C19H16F2N2O2/c20-19(21)25-17-11-4-3-9-16(17)22-12-18(24)23-15-10-5-7-13-6-1-2-8-14(13)15/h1-11,19,22H,12H2,(H,23,24). The van der Waals surface area contributed by atoms with Gasteiger partial charge in [-0.2, -0.15) is 8.78 Å². The van der Waals surface area contributed by atoms with Gasteiger partial charge in [0.05, 0.1) is 12.2 Å². The highest BCUT2D eigenvalue weighted by Gasteiger charge is 2.10. The SMILES string of the molecule is O=C(CNc1ccccc1OC(F)F)Nc1cccc2ccccc12. The van der Waals surface area contributed by atoms with Crippen LogP contribution in [-0.2, 0) is 4.79 Å². The van der Waals surface area contributed by atoms with Gasteiger partial charge in [0.1, 0.15) is 5.75 Å². The molecule has 3 rings (SSSR count). The van der Waals surface area contributed by atoms with Crippen LogP contribution in [0.15, 0.2) is 66.7 Å². The van der Waals surface area contributed by atoms with E-state index in [0.717, 1.165) is 10.8 Å². The number of alkyl halides is 2. The fraction of sp³-hybridized carbons (Fsp3) is 0.105. The van der Waals surface area contributed by atoms with Gasteiger partial charge in [0.2, 0.25) is 5.91 Å². The van der Waals surface area contributed by atoms with Crippen molar-refractivity contribution in [1.29, 1.82) is 0 Å². The van der Waals surface area contributed by atoms with E-state index in [1.54, 1.807) is 18.2 Å². The third-order valence-corrected chi connectivity index (χ3v) is 3.61. The summed E-state index contributed by atoms with van der Waals surface area (Å²) in [5.74, 6) is -0.293. The van der Waals surface area contributed by atoms with Crippen LogP contribution in [0.25, 0.3) is 10.8 Å². The topological polar surface area (TPSA) is 50.4 Å². The smallest absolute Gasteiger partial charge is 0.387 e. The quantitative estimate of drug-likeness (QED) is 0.694. The fourth-order valence-electron chi connectivity index (χ4n) is 2.52. The number of anilines is 2. The Morgan fingerprint density at radius 2 is 1.60 bits per heavy atom. The first-order chi connectivity index (χ1) is 12.1. The van der Waals surface area contributed by atoms with Gasteiger partial charge in [-0.25, -0.2) is 0 Å². The van der Waals surface area contributed by atoms with Crippen LogP contribution >= 0.6 is 0 Å². The van der Waals surface area contributed by atoms with Crippen molar-refractivity contribution in [3.63, 3.8) is 0 Å². The molecule has 0 aromatic heterocycles. The molecule has 0 aliphatic rings. The van der Waals surface area contributed by atoms with Gasteiger partial charge in [-0.05, 0) is 23.6 Å². The van der Waals surface area contributed by atoms with E-state index in [9.17, 15) is 13.6 Å². The number of rotatable bonds is 6. The van der Waals surface area contributed by atoms with Gasteiger partial charge >= 0.3 is 6.61 Å². The monoisotopic (exact) mass is 342 g/mol. The van der Waals surface area contributed by atoms with Gasteiger partial charge in [0.25, 0.3) is 0 Å². The summed E-state index contributed by atoms with van der Waals surface area (Å²) in [5.41, 5.74) is 1.03. The molecule has 0 aliphatic heterocycles. The van der Waals surface area contributed by atoms with Crippen LogP contribution in [0.3, 0.4) is 0 Å². The number of para-hydroxylation sites is 2. The molecule has 0 heterocycles. The van der Waals surface area contributed by atoms with Gasteiger partial charge in [0, 0.05) is 11.1 Å². The van der Waals surface area contributed by atoms with Crippen LogP contribution in [0.1, 0.15) is 0 Å². The van der Waals surface area contributed by atoms with Gasteiger partial charge in [0.15, 0.2) is 0 Å². The lowest BCUT2D eigenvalue weighted by Crippen LogP contribution is -2.22. The van der Waals surface area contributed by atoms with E-state index in [1.165, 1.54) is 6.07 Å². The summed E-state index contributed by atoms with van der Waals surface area (Å²) in [4.78, 5) is 12.2. The first kappa shape index (κ1) is 16.7. The zero-order valence-corrected chi connectivity index (χ0v) is 13.2. The first-order valence-corrected chi connectivity index (χ1v) is 7.69. The second-order valence-electron chi connectivity index (χ2n) is 5.30. The Kier molecular flexibility index (Phi) is 5.09. The van der Waals surface area contributed by atoms with E-state index >= 15 is 0 Å². The maximum absolute atomic E-state index is 12.4. The predicted octanol–water partition coefficient (Wildman–Crippen LogP) is 4.49. The summed E-state index contributed by atoms with van der Waals surface area (Å²) in [7, 11) is 0. The highest BCUT2D eigenvalue weighted by atomic mass is 19.3. The normalized spacial score (nSPS) is 10.7. The number of hydrogen-bond acceptors (Lipinski definition) is 3. The summed E-state index contributed by atoms with van der Waals surface area (Å²) < 4.78 is 29.2. The van der Waals surface area contributed by atoms with Crippen LogP contribution in [0, 0.1) is 0 Å². The summed E-state index contributed by atoms with van der Waals surface area (Å²) in [6, 6.07) is 19.6. The Morgan fingerprint density at radius 1 is 0.920 bits per heavy atom. The molecule has 1 amide bonds. The van der Waals surface area contributed by atoms with Gasteiger partial charge in [-0.15, -0.1) is 0 Å². The average Bonchev–Trinajstić information content (AvgIpc) is 2.61. The van der Waals surface area contributed by atoms with Crippen LogP contribution in [0.4, 0.5) is 20.2 Å². The molecule has 3 aromatic rings. The Hall–Kier alpha value is -3.15. The lowest BCUT2D eigenvalue weighted by Gasteiger charge is -2.13. The van der Waals surface area contributed by atoms with E-state index in [-0.39, 0.29) is 18.2 Å². The Labute approximate surface area is 143 Å². The third kappa shape index (κ3) is 4.23. The van der Waals surface area contributed by atoms with Crippen LogP contribution in [0.5, 0.6) is 5.75 Å². The third-order valence-electron chi connectivity index (χ3n) is 3.61. The van der Waals surface area contributed by atoms with E-state index in [0.29, 0.717) is 11.4 Å². The summed E-state index contributed by atoms with van der Waals surface area (Å²) in [6.07, 6.45) is 0. The zero-order valence-electron chi connectivity index (χ0n) is 13.2. The van der Waals surface area contributed by atoms with Gasteiger partial charge in [-0.3, -0.25) is 4.79 Å². The molecule has 0 saturated heterocycles. The van der Waals surface area contributed by atoms with Gasteiger partial charge in [-0.1, -0.05) is 48.5 Å². The number of hydrogen-bond donors (Lipinski definition) is 2. The number of ether oxygens (including phenoxy) is 1. The molecule has 0 radical (unpaired) electrons. The molecule has 0 unspecified atom stereocenters. The Bertz CT molecular complexity index is 879. The number of amides is 1. The minimum atomic E-state index is -2.92. The maximum atomic E-state index is 12.4. The summed E-state index contributed by atoms with van der Waals surface area (Å²) in [5, 5.41) is 7.59. The number of carbonyl (C=O) groups is 1. The number of nitrogens with one attached hydrogen (secondary N) is 2. The van der Waals surface area contributed by atoms with Crippen molar-refractivity contribution < 1.29 is 18.3 Å². The molecule has 25 heavy (non-hydrogen) atoms. The van der Waals surface area contributed by atoms with E-state index in [1.807, 2.05) is 42.5 Å².